The number of carbonyl (C=O) groups is 1. The van der Waals surface area contributed by atoms with Gasteiger partial charge in [0.2, 0.25) is 11.1 Å². The Kier molecular flexibility index (Phi) is 4.82. The molecule has 0 unspecified atom stereocenters. The molecule has 3 rings (SSSR count). The third kappa shape index (κ3) is 3.87. The number of halogens is 3. The summed E-state index contributed by atoms with van der Waals surface area (Å²) in [6, 6.07) is 3.01. The number of hydrogen-bond donors (Lipinski definition) is 2. The van der Waals surface area contributed by atoms with Gasteiger partial charge in [-0.05, 0) is 25.0 Å². The molecule has 9 heteroatoms. The van der Waals surface area contributed by atoms with Crippen LogP contribution < -0.4 is 5.32 Å². The van der Waals surface area contributed by atoms with Gasteiger partial charge in [-0.25, -0.2) is 4.98 Å². The van der Waals surface area contributed by atoms with Gasteiger partial charge in [0, 0.05) is 5.92 Å². The van der Waals surface area contributed by atoms with Gasteiger partial charge in [-0.3, -0.25) is 9.89 Å². The highest BCUT2D eigenvalue weighted by Crippen LogP contribution is 2.38. The second kappa shape index (κ2) is 6.66. The van der Waals surface area contributed by atoms with Gasteiger partial charge in [-0.15, -0.1) is 5.10 Å². The maximum atomic E-state index is 12.0. The van der Waals surface area contributed by atoms with E-state index in [0.29, 0.717) is 31.8 Å². The average molecular weight is 378 g/mol. The summed E-state index contributed by atoms with van der Waals surface area (Å²) in [6.45, 7) is 0. The lowest BCUT2D eigenvalue weighted by atomic mass is 10.3. The topological polar surface area (TPSA) is 70.7 Å². The van der Waals surface area contributed by atoms with Crippen molar-refractivity contribution in [1.82, 2.24) is 15.2 Å². The zero-order valence-corrected chi connectivity index (χ0v) is 14.3. The first kappa shape index (κ1) is 15.9. The molecular formula is C13H11Cl3N4OS. The Bertz CT molecular complexity index is 717. The van der Waals surface area contributed by atoms with Gasteiger partial charge in [-0.2, -0.15) is 0 Å². The Morgan fingerprint density at radius 2 is 2.00 bits per heavy atom. The number of anilines is 1. The van der Waals surface area contributed by atoms with Gasteiger partial charge < -0.3 is 5.32 Å². The Balaban J connectivity index is 1.56. The third-order valence-corrected chi connectivity index (χ3v) is 4.94. The van der Waals surface area contributed by atoms with Crippen LogP contribution in [-0.4, -0.2) is 26.8 Å². The molecule has 0 saturated heterocycles. The lowest BCUT2D eigenvalue weighted by molar-refractivity contribution is -0.113. The number of thioether (sulfide) groups is 1. The largest absolute Gasteiger partial charge is 0.324 e. The first-order valence-electron chi connectivity index (χ1n) is 6.52. The molecule has 0 atom stereocenters. The van der Waals surface area contributed by atoms with Gasteiger partial charge in [-0.1, -0.05) is 46.6 Å². The molecule has 0 spiro atoms. The summed E-state index contributed by atoms with van der Waals surface area (Å²) in [4.78, 5) is 16.3. The first-order chi connectivity index (χ1) is 10.5. The number of benzene rings is 1. The minimum absolute atomic E-state index is 0.179. The molecule has 0 aliphatic heterocycles. The molecule has 116 valence electrons. The average Bonchev–Trinajstić information content (AvgIpc) is 3.22. The lowest BCUT2D eigenvalue weighted by Gasteiger charge is -2.08. The number of aromatic amines is 1. The predicted molar refractivity (Wildman–Crippen MR) is 89.2 cm³/mol. The summed E-state index contributed by atoms with van der Waals surface area (Å²) in [5.74, 6) is 1.36. The van der Waals surface area contributed by atoms with Crippen molar-refractivity contribution in [2.45, 2.75) is 23.9 Å². The van der Waals surface area contributed by atoms with E-state index in [1.807, 2.05) is 0 Å². The molecule has 1 aliphatic carbocycles. The standard InChI is InChI=1S/C13H11Cl3N4OS/c14-7-3-9(16)10(4-8(7)15)17-11(21)5-22-13-18-12(19-20-13)6-1-2-6/h3-4,6H,1-2,5H2,(H,17,21)(H,18,19,20). The minimum atomic E-state index is -0.219. The van der Waals surface area contributed by atoms with E-state index in [1.54, 1.807) is 0 Å². The summed E-state index contributed by atoms with van der Waals surface area (Å²) < 4.78 is 0. The van der Waals surface area contributed by atoms with Gasteiger partial charge in [0.25, 0.3) is 0 Å². The molecular weight excluding hydrogens is 367 g/mol. The number of carbonyl (C=O) groups excluding carboxylic acids is 1. The fraction of sp³-hybridized carbons (Fsp3) is 0.308. The van der Waals surface area contributed by atoms with Crippen molar-refractivity contribution in [1.29, 1.82) is 0 Å². The molecule has 1 aliphatic rings. The molecule has 1 amide bonds. The number of hydrogen-bond acceptors (Lipinski definition) is 4. The van der Waals surface area contributed by atoms with E-state index in [2.05, 4.69) is 20.5 Å². The maximum absolute atomic E-state index is 12.0. The fourth-order valence-corrected chi connectivity index (χ4v) is 3.00. The molecule has 1 heterocycles. The summed E-state index contributed by atoms with van der Waals surface area (Å²) in [6.07, 6.45) is 2.30. The molecule has 1 fully saturated rings. The Labute approximate surface area is 146 Å². The monoisotopic (exact) mass is 376 g/mol. The highest BCUT2D eigenvalue weighted by Gasteiger charge is 2.27. The SMILES string of the molecule is O=C(CSc1n[nH]c(C2CC2)n1)Nc1cc(Cl)c(Cl)cc1Cl. The van der Waals surface area contributed by atoms with Crippen LogP contribution in [0.1, 0.15) is 24.6 Å². The van der Waals surface area contributed by atoms with Crippen LogP contribution in [0.4, 0.5) is 5.69 Å². The van der Waals surface area contributed by atoms with Crippen LogP contribution in [0.15, 0.2) is 17.3 Å². The van der Waals surface area contributed by atoms with Crippen LogP contribution in [0.2, 0.25) is 15.1 Å². The van der Waals surface area contributed by atoms with E-state index < -0.39 is 0 Å². The molecule has 1 aromatic heterocycles. The van der Waals surface area contributed by atoms with Crippen LogP contribution in [-0.2, 0) is 4.79 Å². The zero-order valence-electron chi connectivity index (χ0n) is 11.2. The molecule has 0 radical (unpaired) electrons. The van der Waals surface area contributed by atoms with E-state index in [-0.39, 0.29) is 11.7 Å². The van der Waals surface area contributed by atoms with Gasteiger partial charge in [0.1, 0.15) is 5.82 Å². The molecule has 2 aromatic rings. The molecule has 22 heavy (non-hydrogen) atoms. The quantitative estimate of drug-likeness (QED) is 0.599. The second-order valence-electron chi connectivity index (χ2n) is 4.86. The van der Waals surface area contributed by atoms with E-state index in [4.69, 9.17) is 34.8 Å². The molecule has 1 aromatic carbocycles. The van der Waals surface area contributed by atoms with E-state index >= 15 is 0 Å². The van der Waals surface area contributed by atoms with Crippen molar-refractivity contribution in [3.05, 3.63) is 33.0 Å². The number of aromatic nitrogens is 3. The van der Waals surface area contributed by atoms with Gasteiger partial charge >= 0.3 is 0 Å². The van der Waals surface area contributed by atoms with Crippen molar-refractivity contribution in [2.24, 2.45) is 0 Å². The van der Waals surface area contributed by atoms with Crippen LogP contribution in [0.5, 0.6) is 0 Å². The summed E-state index contributed by atoms with van der Waals surface area (Å²) in [7, 11) is 0. The van der Waals surface area contributed by atoms with Crippen molar-refractivity contribution < 1.29 is 4.79 Å². The van der Waals surface area contributed by atoms with Crippen molar-refractivity contribution >= 4 is 58.2 Å². The first-order valence-corrected chi connectivity index (χ1v) is 8.64. The smallest absolute Gasteiger partial charge is 0.234 e. The summed E-state index contributed by atoms with van der Waals surface area (Å²) >= 11 is 19.0. The molecule has 0 bridgehead atoms. The normalized spacial score (nSPS) is 14.1. The molecule has 1 saturated carbocycles. The van der Waals surface area contributed by atoms with E-state index in [0.717, 1.165) is 18.7 Å². The van der Waals surface area contributed by atoms with Gasteiger partial charge in [0.05, 0.1) is 26.5 Å². The molecule has 5 nitrogen and oxygen atoms in total. The third-order valence-electron chi connectivity index (χ3n) is 3.06. The second-order valence-corrected chi connectivity index (χ2v) is 7.02. The van der Waals surface area contributed by atoms with Crippen molar-refractivity contribution in [3.8, 4) is 0 Å². The van der Waals surface area contributed by atoms with Crippen LogP contribution in [0, 0.1) is 0 Å². The number of amides is 1. The predicted octanol–water partition coefficient (Wildman–Crippen LogP) is 4.37. The summed E-state index contributed by atoms with van der Waals surface area (Å²) in [5, 5.41) is 11.2. The summed E-state index contributed by atoms with van der Waals surface area (Å²) in [5.41, 5.74) is 0.426. The number of nitrogens with zero attached hydrogens (tertiary/aromatic N) is 2. The highest BCUT2D eigenvalue weighted by atomic mass is 35.5. The Morgan fingerprint density at radius 3 is 2.73 bits per heavy atom. The fourth-order valence-electron chi connectivity index (χ4n) is 1.80. The zero-order chi connectivity index (χ0) is 15.7. The van der Waals surface area contributed by atoms with Crippen molar-refractivity contribution in [3.63, 3.8) is 0 Å². The van der Waals surface area contributed by atoms with E-state index in [1.165, 1.54) is 23.9 Å². The van der Waals surface area contributed by atoms with Crippen LogP contribution in [0.25, 0.3) is 0 Å². The van der Waals surface area contributed by atoms with Gasteiger partial charge in [0.15, 0.2) is 0 Å². The number of nitrogens with one attached hydrogen (secondary N) is 2. The highest BCUT2D eigenvalue weighted by molar-refractivity contribution is 7.99. The van der Waals surface area contributed by atoms with Crippen molar-refractivity contribution in [2.75, 3.05) is 11.1 Å². The molecule has 2 N–H and O–H groups in total. The van der Waals surface area contributed by atoms with E-state index in [9.17, 15) is 4.79 Å². The maximum Gasteiger partial charge on any atom is 0.234 e. The van der Waals surface area contributed by atoms with Crippen LogP contribution in [0.3, 0.4) is 0 Å². The minimum Gasteiger partial charge on any atom is -0.324 e. The lowest BCUT2D eigenvalue weighted by Crippen LogP contribution is -2.14. The Morgan fingerprint density at radius 1 is 1.27 bits per heavy atom. The van der Waals surface area contributed by atoms with Crippen LogP contribution >= 0.6 is 46.6 Å². The number of H-pyrrole nitrogens is 1. The Hall–Kier alpha value is -0.950. The number of rotatable bonds is 5.